The van der Waals surface area contributed by atoms with Gasteiger partial charge in [0, 0.05) is 18.2 Å². The SMILES string of the molecule is CCNC(=NCc1ccccc1OCC1CC1)NC1CC1C.I. The van der Waals surface area contributed by atoms with Gasteiger partial charge in [-0.15, -0.1) is 24.0 Å². The Bertz CT molecular complexity index is 531. The maximum absolute atomic E-state index is 5.95. The first kappa shape index (κ1) is 18.4. The van der Waals surface area contributed by atoms with Crippen LogP contribution in [0.1, 0.15) is 38.7 Å². The normalized spacial score (nSPS) is 23.0. The zero-order valence-corrected chi connectivity index (χ0v) is 16.4. The third-order valence-electron chi connectivity index (χ3n) is 4.33. The highest BCUT2D eigenvalue weighted by molar-refractivity contribution is 14.0. The Kier molecular flexibility index (Phi) is 6.99. The van der Waals surface area contributed by atoms with E-state index in [0.717, 1.165) is 42.3 Å². The van der Waals surface area contributed by atoms with Crippen molar-refractivity contribution in [3.8, 4) is 5.75 Å². The lowest BCUT2D eigenvalue weighted by molar-refractivity contribution is 0.297. The standard InChI is InChI=1S/C18H27N3O.HI/c1-3-19-18(21-16-10-13(16)2)20-11-15-6-4-5-7-17(15)22-12-14-8-9-14;/h4-7,13-14,16H,3,8-12H2,1-2H3,(H2,19,20,21);1H. The number of para-hydroxylation sites is 1. The molecule has 0 spiro atoms. The molecule has 2 saturated carbocycles. The minimum absolute atomic E-state index is 0. The van der Waals surface area contributed by atoms with Crippen molar-refractivity contribution in [3.05, 3.63) is 29.8 Å². The molecule has 1 aromatic rings. The molecular weight excluding hydrogens is 401 g/mol. The molecule has 4 nitrogen and oxygen atoms in total. The zero-order valence-electron chi connectivity index (χ0n) is 14.0. The number of benzene rings is 1. The number of halogens is 1. The highest BCUT2D eigenvalue weighted by Crippen LogP contribution is 2.30. The Morgan fingerprint density at radius 2 is 2.04 bits per heavy atom. The van der Waals surface area contributed by atoms with Crippen molar-refractivity contribution in [2.45, 2.75) is 45.7 Å². The quantitative estimate of drug-likeness (QED) is 0.396. The molecule has 0 heterocycles. The molecule has 2 atom stereocenters. The number of guanidine groups is 1. The van der Waals surface area contributed by atoms with Crippen LogP contribution >= 0.6 is 24.0 Å². The maximum Gasteiger partial charge on any atom is 0.191 e. The van der Waals surface area contributed by atoms with E-state index in [0.29, 0.717) is 12.6 Å². The van der Waals surface area contributed by atoms with Gasteiger partial charge in [-0.2, -0.15) is 0 Å². The first-order chi connectivity index (χ1) is 10.8. The molecule has 0 saturated heterocycles. The van der Waals surface area contributed by atoms with Crippen molar-refractivity contribution in [2.75, 3.05) is 13.2 Å². The van der Waals surface area contributed by atoms with E-state index < -0.39 is 0 Å². The van der Waals surface area contributed by atoms with Crippen LogP contribution in [0.3, 0.4) is 0 Å². The molecule has 1 aromatic carbocycles. The minimum Gasteiger partial charge on any atom is -0.493 e. The number of nitrogens with one attached hydrogen (secondary N) is 2. The molecule has 2 N–H and O–H groups in total. The van der Waals surface area contributed by atoms with Gasteiger partial charge in [0.2, 0.25) is 0 Å². The summed E-state index contributed by atoms with van der Waals surface area (Å²) in [5.41, 5.74) is 1.16. The summed E-state index contributed by atoms with van der Waals surface area (Å²) in [7, 11) is 0. The number of aliphatic imine (C=N–C) groups is 1. The summed E-state index contributed by atoms with van der Waals surface area (Å²) in [6.07, 6.45) is 3.87. The summed E-state index contributed by atoms with van der Waals surface area (Å²) in [6, 6.07) is 8.83. The van der Waals surface area contributed by atoms with Crippen LogP contribution in [0, 0.1) is 11.8 Å². The molecule has 3 rings (SSSR count). The predicted molar refractivity (Wildman–Crippen MR) is 106 cm³/mol. The Morgan fingerprint density at radius 3 is 2.70 bits per heavy atom. The van der Waals surface area contributed by atoms with Crippen LogP contribution in [-0.4, -0.2) is 25.2 Å². The van der Waals surface area contributed by atoms with E-state index in [4.69, 9.17) is 9.73 Å². The number of ether oxygens (including phenoxy) is 1. The van der Waals surface area contributed by atoms with Gasteiger partial charge in [0.15, 0.2) is 5.96 Å². The van der Waals surface area contributed by atoms with Crippen LogP contribution in [0.15, 0.2) is 29.3 Å². The number of nitrogens with zero attached hydrogens (tertiary/aromatic N) is 1. The Morgan fingerprint density at radius 1 is 1.30 bits per heavy atom. The molecule has 0 aromatic heterocycles. The van der Waals surface area contributed by atoms with Crippen molar-refractivity contribution >= 4 is 29.9 Å². The van der Waals surface area contributed by atoms with E-state index in [-0.39, 0.29) is 24.0 Å². The number of hydrogen-bond acceptors (Lipinski definition) is 2. The highest BCUT2D eigenvalue weighted by Gasteiger charge is 2.33. The van der Waals surface area contributed by atoms with Gasteiger partial charge < -0.3 is 15.4 Å². The van der Waals surface area contributed by atoms with E-state index in [1.807, 2.05) is 6.07 Å². The van der Waals surface area contributed by atoms with Crippen molar-refractivity contribution in [1.82, 2.24) is 10.6 Å². The topological polar surface area (TPSA) is 45.7 Å². The number of rotatable bonds is 7. The lowest BCUT2D eigenvalue weighted by Gasteiger charge is -2.12. The fourth-order valence-corrected chi connectivity index (χ4v) is 2.45. The monoisotopic (exact) mass is 429 g/mol. The summed E-state index contributed by atoms with van der Waals surface area (Å²) < 4.78 is 5.95. The van der Waals surface area contributed by atoms with Gasteiger partial charge >= 0.3 is 0 Å². The molecule has 2 fully saturated rings. The van der Waals surface area contributed by atoms with E-state index in [1.54, 1.807) is 0 Å². The molecule has 2 unspecified atom stereocenters. The van der Waals surface area contributed by atoms with E-state index in [9.17, 15) is 0 Å². The van der Waals surface area contributed by atoms with Gasteiger partial charge in [-0.3, -0.25) is 0 Å². The summed E-state index contributed by atoms with van der Waals surface area (Å²) >= 11 is 0. The molecular formula is C18H28IN3O. The molecule has 23 heavy (non-hydrogen) atoms. The molecule has 0 radical (unpaired) electrons. The second kappa shape index (κ2) is 8.76. The lowest BCUT2D eigenvalue weighted by atomic mass is 10.2. The fraction of sp³-hybridized carbons (Fsp3) is 0.611. The van der Waals surface area contributed by atoms with Crippen molar-refractivity contribution < 1.29 is 4.74 Å². The average Bonchev–Trinajstić information content (AvgIpc) is 3.43. The fourth-order valence-electron chi connectivity index (χ4n) is 2.45. The molecule has 128 valence electrons. The van der Waals surface area contributed by atoms with Gasteiger partial charge in [0.1, 0.15) is 5.75 Å². The minimum atomic E-state index is 0. The smallest absolute Gasteiger partial charge is 0.191 e. The summed E-state index contributed by atoms with van der Waals surface area (Å²) in [5.74, 6) is 3.42. The molecule has 0 bridgehead atoms. The predicted octanol–water partition coefficient (Wildman–Crippen LogP) is 3.56. The zero-order chi connectivity index (χ0) is 15.4. The summed E-state index contributed by atoms with van der Waals surface area (Å²) in [5, 5.41) is 6.81. The van der Waals surface area contributed by atoms with Crippen LogP contribution in [0.2, 0.25) is 0 Å². The maximum atomic E-state index is 5.95. The Hall–Kier alpha value is -0.980. The second-order valence-electron chi connectivity index (χ2n) is 6.52. The molecule has 5 heteroatoms. The highest BCUT2D eigenvalue weighted by atomic mass is 127. The van der Waals surface area contributed by atoms with Crippen molar-refractivity contribution in [3.63, 3.8) is 0 Å². The van der Waals surface area contributed by atoms with E-state index in [1.165, 1.54) is 19.3 Å². The van der Waals surface area contributed by atoms with Gasteiger partial charge in [-0.1, -0.05) is 25.1 Å². The lowest BCUT2D eigenvalue weighted by Crippen LogP contribution is -2.39. The number of hydrogen-bond donors (Lipinski definition) is 2. The van der Waals surface area contributed by atoms with E-state index in [2.05, 4.69) is 42.7 Å². The van der Waals surface area contributed by atoms with Crippen LogP contribution < -0.4 is 15.4 Å². The van der Waals surface area contributed by atoms with Crippen LogP contribution in [0.5, 0.6) is 5.75 Å². The van der Waals surface area contributed by atoms with Gasteiger partial charge in [0.25, 0.3) is 0 Å². The Labute approximate surface area is 156 Å². The average molecular weight is 429 g/mol. The third kappa shape index (κ3) is 5.86. The summed E-state index contributed by atoms with van der Waals surface area (Å²) in [6.45, 7) is 6.74. The molecule has 2 aliphatic carbocycles. The van der Waals surface area contributed by atoms with Crippen molar-refractivity contribution in [2.24, 2.45) is 16.8 Å². The van der Waals surface area contributed by atoms with Crippen LogP contribution in [0.4, 0.5) is 0 Å². The molecule has 0 aliphatic heterocycles. The van der Waals surface area contributed by atoms with Gasteiger partial charge in [-0.25, -0.2) is 4.99 Å². The van der Waals surface area contributed by atoms with Gasteiger partial charge in [-0.05, 0) is 44.1 Å². The summed E-state index contributed by atoms with van der Waals surface area (Å²) in [4.78, 5) is 4.72. The largest absolute Gasteiger partial charge is 0.493 e. The Balaban J connectivity index is 0.00000192. The molecule has 0 amide bonds. The van der Waals surface area contributed by atoms with Crippen LogP contribution in [0.25, 0.3) is 0 Å². The first-order valence-electron chi connectivity index (χ1n) is 8.51. The van der Waals surface area contributed by atoms with Crippen molar-refractivity contribution in [1.29, 1.82) is 0 Å². The van der Waals surface area contributed by atoms with E-state index >= 15 is 0 Å². The second-order valence-corrected chi connectivity index (χ2v) is 6.52. The molecule has 2 aliphatic rings. The third-order valence-corrected chi connectivity index (χ3v) is 4.33. The van der Waals surface area contributed by atoms with Gasteiger partial charge in [0.05, 0.1) is 13.2 Å². The first-order valence-corrected chi connectivity index (χ1v) is 8.51. The van der Waals surface area contributed by atoms with Crippen LogP contribution in [-0.2, 0) is 6.54 Å².